The molecule has 3 nitrogen and oxygen atoms in total. The second-order valence-electron chi connectivity index (χ2n) is 5.63. The van der Waals surface area contributed by atoms with Crippen LogP contribution in [0.5, 0.6) is 0 Å². The van der Waals surface area contributed by atoms with E-state index in [1.54, 1.807) is 0 Å². The van der Waals surface area contributed by atoms with Gasteiger partial charge in [-0.05, 0) is 38.5 Å². The molecule has 1 saturated carbocycles. The molecule has 2 rings (SSSR count). The number of hydrogen-bond acceptors (Lipinski definition) is 2. The lowest BCUT2D eigenvalue weighted by atomic mass is 10.1. The first-order chi connectivity index (χ1) is 7.65. The molecule has 1 aliphatic heterocycles. The maximum absolute atomic E-state index is 11.5. The Morgan fingerprint density at radius 2 is 2.31 bits per heavy atom. The van der Waals surface area contributed by atoms with Crippen molar-refractivity contribution in [2.75, 3.05) is 13.1 Å². The van der Waals surface area contributed by atoms with Crippen molar-refractivity contribution in [2.24, 2.45) is 5.92 Å². The Labute approximate surface area is 98.6 Å². The first kappa shape index (κ1) is 11.9. The molecule has 92 valence electrons. The molecule has 2 aliphatic rings. The van der Waals surface area contributed by atoms with Gasteiger partial charge in [-0.1, -0.05) is 6.92 Å². The van der Waals surface area contributed by atoms with E-state index in [2.05, 4.69) is 19.2 Å². The molecule has 3 atom stereocenters. The van der Waals surface area contributed by atoms with E-state index in [0.717, 1.165) is 31.8 Å². The highest BCUT2D eigenvalue weighted by atomic mass is 16.2. The van der Waals surface area contributed by atoms with Crippen LogP contribution in [0.15, 0.2) is 0 Å². The molecule has 0 aromatic rings. The summed E-state index contributed by atoms with van der Waals surface area (Å²) in [7, 11) is 0. The normalized spacial score (nSPS) is 32.4. The van der Waals surface area contributed by atoms with E-state index in [-0.39, 0.29) is 0 Å². The van der Waals surface area contributed by atoms with E-state index >= 15 is 0 Å². The average molecular weight is 224 g/mol. The Hall–Kier alpha value is -0.570. The molecule has 3 unspecified atom stereocenters. The average Bonchev–Trinajstić information content (AvgIpc) is 2.77. The van der Waals surface area contributed by atoms with Gasteiger partial charge in [0.25, 0.3) is 0 Å². The third kappa shape index (κ3) is 2.97. The maximum Gasteiger partial charge on any atom is 0.222 e. The number of rotatable bonds is 4. The van der Waals surface area contributed by atoms with E-state index in [0.29, 0.717) is 18.0 Å². The molecule has 0 radical (unpaired) electrons. The maximum atomic E-state index is 11.5. The molecule has 0 bridgehead atoms. The Morgan fingerprint density at radius 3 is 2.88 bits per heavy atom. The zero-order valence-corrected chi connectivity index (χ0v) is 10.5. The molecule has 3 heteroatoms. The second kappa shape index (κ2) is 5.17. The van der Waals surface area contributed by atoms with Crippen LogP contribution in [0.1, 0.15) is 46.0 Å². The van der Waals surface area contributed by atoms with Gasteiger partial charge in [-0.25, -0.2) is 0 Å². The van der Waals surface area contributed by atoms with Crippen LogP contribution in [0.4, 0.5) is 0 Å². The SMILES string of the molecule is CC1CCC(NC(C)CN2CCCC2=O)C1. The van der Waals surface area contributed by atoms with Gasteiger partial charge in [-0.2, -0.15) is 0 Å². The summed E-state index contributed by atoms with van der Waals surface area (Å²) < 4.78 is 0. The molecule has 1 aliphatic carbocycles. The zero-order valence-electron chi connectivity index (χ0n) is 10.5. The Kier molecular flexibility index (Phi) is 3.85. The van der Waals surface area contributed by atoms with Gasteiger partial charge >= 0.3 is 0 Å². The number of carbonyl (C=O) groups excluding carboxylic acids is 1. The minimum absolute atomic E-state index is 0.341. The predicted molar refractivity (Wildman–Crippen MR) is 65.2 cm³/mol. The van der Waals surface area contributed by atoms with Crippen molar-refractivity contribution in [3.63, 3.8) is 0 Å². The molecule has 0 aromatic heterocycles. The second-order valence-corrected chi connectivity index (χ2v) is 5.63. The number of carbonyl (C=O) groups is 1. The van der Waals surface area contributed by atoms with Crippen LogP contribution in [0.2, 0.25) is 0 Å². The van der Waals surface area contributed by atoms with Crippen LogP contribution in [0, 0.1) is 5.92 Å². The Bertz CT molecular complexity index is 254. The van der Waals surface area contributed by atoms with E-state index in [4.69, 9.17) is 0 Å². The molecular weight excluding hydrogens is 200 g/mol. The van der Waals surface area contributed by atoms with Crippen molar-refractivity contribution in [1.29, 1.82) is 0 Å². The van der Waals surface area contributed by atoms with Crippen molar-refractivity contribution in [2.45, 2.75) is 58.0 Å². The summed E-state index contributed by atoms with van der Waals surface area (Å²) in [6.45, 7) is 6.39. The van der Waals surface area contributed by atoms with Crippen molar-refractivity contribution in [1.82, 2.24) is 10.2 Å². The van der Waals surface area contributed by atoms with Gasteiger partial charge in [0, 0.05) is 31.6 Å². The Morgan fingerprint density at radius 1 is 1.50 bits per heavy atom. The number of nitrogens with one attached hydrogen (secondary N) is 1. The highest BCUT2D eigenvalue weighted by Crippen LogP contribution is 2.25. The van der Waals surface area contributed by atoms with E-state index in [1.807, 2.05) is 4.90 Å². The lowest BCUT2D eigenvalue weighted by Gasteiger charge is -2.24. The van der Waals surface area contributed by atoms with Crippen molar-refractivity contribution in [3.05, 3.63) is 0 Å². The summed E-state index contributed by atoms with van der Waals surface area (Å²) in [6.07, 6.45) is 5.77. The molecule has 0 aromatic carbocycles. The number of amides is 1. The molecule has 1 heterocycles. The lowest BCUT2D eigenvalue weighted by Crippen LogP contribution is -2.43. The first-order valence-corrected chi connectivity index (χ1v) is 6.69. The standard InChI is InChI=1S/C13H24N2O/c1-10-5-6-12(8-10)14-11(2)9-15-7-3-4-13(15)16/h10-12,14H,3-9H2,1-2H3. The summed E-state index contributed by atoms with van der Waals surface area (Å²) >= 11 is 0. The topological polar surface area (TPSA) is 32.3 Å². The van der Waals surface area contributed by atoms with Gasteiger partial charge in [0.05, 0.1) is 0 Å². The molecule has 0 spiro atoms. The van der Waals surface area contributed by atoms with Gasteiger partial charge in [0.2, 0.25) is 5.91 Å². The first-order valence-electron chi connectivity index (χ1n) is 6.69. The van der Waals surface area contributed by atoms with Gasteiger partial charge in [0.1, 0.15) is 0 Å². The number of hydrogen-bond donors (Lipinski definition) is 1. The molecule has 16 heavy (non-hydrogen) atoms. The Balaban J connectivity index is 1.71. The molecule has 2 fully saturated rings. The molecular formula is C13H24N2O. The summed E-state index contributed by atoms with van der Waals surface area (Å²) in [6, 6.07) is 1.13. The summed E-state index contributed by atoms with van der Waals surface area (Å²) in [5, 5.41) is 3.66. The summed E-state index contributed by atoms with van der Waals surface area (Å²) in [5.74, 6) is 1.21. The largest absolute Gasteiger partial charge is 0.341 e. The van der Waals surface area contributed by atoms with Gasteiger partial charge < -0.3 is 10.2 Å². The summed E-state index contributed by atoms with van der Waals surface area (Å²) in [4.78, 5) is 13.5. The fraction of sp³-hybridized carbons (Fsp3) is 0.923. The monoisotopic (exact) mass is 224 g/mol. The molecule has 1 amide bonds. The van der Waals surface area contributed by atoms with Crippen LogP contribution in [-0.4, -0.2) is 36.0 Å². The fourth-order valence-electron chi connectivity index (χ4n) is 3.04. The highest BCUT2D eigenvalue weighted by molar-refractivity contribution is 5.78. The summed E-state index contributed by atoms with van der Waals surface area (Å²) in [5.41, 5.74) is 0. The number of likely N-dealkylation sites (tertiary alicyclic amines) is 1. The highest BCUT2D eigenvalue weighted by Gasteiger charge is 2.25. The van der Waals surface area contributed by atoms with E-state index in [9.17, 15) is 4.79 Å². The lowest BCUT2D eigenvalue weighted by molar-refractivity contribution is -0.127. The van der Waals surface area contributed by atoms with Crippen LogP contribution >= 0.6 is 0 Å². The van der Waals surface area contributed by atoms with Crippen molar-refractivity contribution < 1.29 is 4.79 Å². The minimum Gasteiger partial charge on any atom is -0.341 e. The smallest absolute Gasteiger partial charge is 0.222 e. The zero-order chi connectivity index (χ0) is 11.5. The quantitative estimate of drug-likeness (QED) is 0.789. The number of nitrogens with zero attached hydrogens (tertiary/aromatic N) is 1. The van der Waals surface area contributed by atoms with Gasteiger partial charge in [-0.3, -0.25) is 4.79 Å². The van der Waals surface area contributed by atoms with Crippen LogP contribution in [0.3, 0.4) is 0 Å². The van der Waals surface area contributed by atoms with Gasteiger partial charge in [0.15, 0.2) is 0 Å². The van der Waals surface area contributed by atoms with E-state index < -0.39 is 0 Å². The third-order valence-electron chi connectivity index (χ3n) is 3.88. The van der Waals surface area contributed by atoms with Gasteiger partial charge in [-0.15, -0.1) is 0 Å². The molecule has 1 N–H and O–H groups in total. The fourth-order valence-corrected chi connectivity index (χ4v) is 3.04. The van der Waals surface area contributed by atoms with Crippen molar-refractivity contribution in [3.8, 4) is 0 Å². The molecule has 1 saturated heterocycles. The van der Waals surface area contributed by atoms with Crippen LogP contribution in [0.25, 0.3) is 0 Å². The van der Waals surface area contributed by atoms with E-state index in [1.165, 1.54) is 19.3 Å². The predicted octanol–water partition coefficient (Wildman–Crippen LogP) is 1.78. The van der Waals surface area contributed by atoms with Crippen LogP contribution < -0.4 is 5.32 Å². The van der Waals surface area contributed by atoms with Crippen LogP contribution in [-0.2, 0) is 4.79 Å². The minimum atomic E-state index is 0.341. The van der Waals surface area contributed by atoms with Crippen molar-refractivity contribution >= 4 is 5.91 Å². The third-order valence-corrected chi connectivity index (χ3v) is 3.88.